The highest BCUT2D eigenvalue weighted by atomic mass is 19.1. The average molecular weight is 228 g/mol. The minimum Gasteiger partial charge on any atom is -0.355 e. The molecule has 0 aromatic heterocycles. The van der Waals surface area contributed by atoms with Gasteiger partial charge in [0.2, 0.25) is 0 Å². The Bertz CT molecular complexity index is 532. The van der Waals surface area contributed by atoms with Gasteiger partial charge in [-0.3, -0.25) is 0 Å². The summed E-state index contributed by atoms with van der Waals surface area (Å²) in [6.45, 7) is 1.98. The topological polar surface area (TPSA) is 35.9 Å². The van der Waals surface area contributed by atoms with Crippen LogP contribution in [0.4, 0.5) is 15.8 Å². The molecule has 0 aliphatic carbocycles. The van der Waals surface area contributed by atoms with Gasteiger partial charge >= 0.3 is 0 Å². The van der Waals surface area contributed by atoms with Crippen LogP contribution in [-0.4, -0.2) is 6.21 Å². The summed E-state index contributed by atoms with van der Waals surface area (Å²) in [7, 11) is 0. The van der Waals surface area contributed by atoms with Crippen molar-refractivity contribution in [2.45, 2.75) is 6.92 Å². The van der Waals surface area contributed by atoms with Gasteiger partial charge in [0.05, 0.1) is 0 Å². The second-order valence-electron chi connectivity index (χ2n) is 3.87. The van der Waals surface area contributed by atoms with Crippen LogP contribution in [0.1, 0.15) is 11.1 Å². The molecule has 3 heteroatoms. The van der Waals surface area contributed by atoms with Crippen molar-refractivity contribution < 1.29 is 4.39 Å². The number of aryl methyl sites for hydroxylation is 1. The van der Waals surface area contributed by atoms with E-state index in [1.165, 1.54) is 18.3 Å². The Morgan fingerprint density at radius 3 is 2.47 bits per heavy atom. The fourth-order valence-corrected chi connectivity index (χ4v) is 1.60. The molecule has 0 radical (unpaired) electrons. The van der Waals surface area contributed by atoms with E-state index in [1.54, 1.807) is 12.1 Å². The van der Waals surface area contributed by atoms with Gasteiger partial charge in [0.15, 0.2) is 0 Å². The van der Waals surface area contributed by atoms with E-state index in [2.05, 4.69) is 5.32 Å². The van der Waals surface area contributed by atoms with Crippen LogP contribution in [0.3, 0.4) is 0 Å². The summed E-state index contributed by atoms with van der Waals surface area (Å²) >= 11 is 0. The Hall–Kier alpha value is -2.16. The van der Waals surface area contributed by atoms with E-state index in [1.807, 2.05) is 25.1 Å². The molecule has 2 aromatic rings. The molecular formula is C14H13FN2. The molecule has 2 rings (SSSR count). The predicted molar refractivity (Wildman–Crippen MR) is 68.7 cm³/mol. The van der Waals surface area contributed by atoms with Crippen LogP contribution in [0.15, 0.2) is 42.5 Å². The van der Waals surface area contributed by atoms with Crippen LogP contribution >= 0.6 is 0 Å². The Morgan fingerprint density at radius 2 is 1.82 bits per heavy atom. The fourth-order valence-electron chi connectivity index (χ4n) is 1.60. The van der Waals surface area contributed by atoms with Crippen LogP contribution < -0.4 is 5.32 Å². The summed E-state index contributed by atoms with van der Waals surface area (Å²) < 4.78 is 12.8. The molecule has 0 atom stereocenters. The minimum absolute atomic E-state index is 0.258. The molecule has 0 bridgehead atoms. The van der Waals surface area contributed by atoms with Gasteiger partial charge in [-0.05, 0) is 43.3 Å². The zero-order valence-electron chi connectivity index (χ0n) is 9.50. The first-order valence-corrected chi connectivity index (χ1v) is 5.33. The number of nitrogens with one attached hydrogen (secondary N) is 2. The van der Waals surface area contributed by atoms with Crippen molar-refractivity contribution in [1.82, 2.24) is 0 Å². The molecule has 2 nitrogen and oxygen atoms in total. The largest absolute Gasteiger partial charge is 0.355 e. The number of benzene rings is 2. The lowest BCUT2D eigenvalue weighted by molar-refractivity contribution is 0.628. The molecular weight excluding hydrogens is 215 g/mol. The highest BCUT2D eigenvalue weighted by Gasteiger charge is 2.01. The number of hydrogen-bond acceptors (Lipinski definition) is 2. The molecule has 0 saturated carbocycles. The van der Waals surface area contributed by atoms with Gasteiger partial charge in [0, 0.05) is 23.2 Å². The third kappa shape index (κ3) is 2.69. The summed E-state index contributed by atoms with van der Waals surface area (Å²) in [4.78, 5) is 0. The molecule has 86 valence electrons. The lowest BCUT2D eigenvalue weighted by Gasteiger charge is -2.10. The summed E-state index contributed by atoms with van der Waals surface area (Å²) in [6.07, 6.45) is 1.30. The van der Waals surface area contributed by atoms with Crippen molar-refractivity contribution >= 4 is 17.6 Å². The van der Waals surface area contributed by atoms with Crippen LogP contribution in [0, 0.1) is 18.2 Å². The first kappa shape index (κ1) is 11.3. The third-order valence-corrected chi connectivity index (χ3v) is 2.49. The highest BCUT2D eigenvalue weighted by molar-refractivity contribution is 5.87. The van der Waals surface area contributed by atoms with E-state index in [0.717, 1.165) is 22.5 Å². The Morgan fingerprint density at radius 1 is 1.12 bits per heavy atom. The van der Waals surface area contributed by atoms with Crippen LogP contribution in [-0.2, 0) is 0 Å². The molecule has 0 aliphatic heterocycles. The first-order valence-electron chi connectivity index (χ1n) is 5.33. The van der Waals surface area contributed by atoms with Gasteiger partial charge in [0.25, 0.3) is 0 Å². The van der Waals surface area contributed by atoms with Gasteiger partial charge in [-0.2, -0.15) is 0 Å². The maximum absolute atomic E-state index is 12.8. The zero-order chi connectivity index (χ0) is 12.3. The summed E-state index contributed by atoms with van der Waals surface area (Å²) in [6, 6.07) is 12.0. The Labute approximate surface area is 99.6 Å². The molecule has 0 spiro atoms. The van der Waals surface area contributed by atoms with Gasteiger partial charge in [-0.15, -0.1) is 0 Å². The normalized spacial score (nSPS) is 10.0. The third-order valence-electron chi connectivity index (χ3n) is 2.49. The lowest BCUT2D eigenvalue weighted by Crippen LogP contribution is -1.95. The second kappa shape index (κ2) is 4.78. The molecule has 2 aromatic carbocycles. The SMILES string of the molecule is Cc1ccc(Nc2ccc(F)cc2)c(C=N)c1. The predicted octanol–water partition coefficient (Wildman–Crippen LogP) is 3.88. The molecule has 0 fully saturated rings. The molecule has 17 heavy (non-hydrogen) atoms. The highest BCUT2D eigenvalue weighted by Crippen LogP contribution is 2.21. The van der Waals surface area contributed by atoms with Crippen LogP contribution in [0.2, 0.25) is 0 Å². The van der Waals surface area contributed by atoms with Crippen molar-refractivity contribution in [2.24, 2.45) is 0 Å². The van der Waals surface area contributed by atoms with Crippen molar-refractivity contribution in [3.8, 4) is 0 Å². The molecule has 0 heterocycles. The molecule has 0 amide bonds. The Kier molecular flexibility index (Phi) is 3.19. The Balaban J connectivity index is 2.29. The monoisotopic (exact) mass is 228 g/mol. The smallest absolute Gasteiger partial charge is 0.123 e. The number of rotatable bonds is 3. The zero-order valence-corrected chi connectivity index (χ0v) is 9.50. The molecule has 2 N–H and O–H groups in total. The quantitative estimate of drug-likeness (QED) is 0.768. The summed E-state index contributed by atoms with van der Waals surface area (Å²) in [5, 5.41) is 10.5. The van der Waals surface area contributed by atoms with Gasteiger partial charge in [-0.25, -0.2) is 4.39 Å². The van der Waals surface area contributed by atoms with Gasteiger partial charge < -0.3 is 10.7 Å². The number of halogens is 1. The molecule has 0 saturated heterocycles. The summed E-state index contributed by atoms with van der Waals surface area (Å²) in [5.74, 6) is -0.258. The van der Waals surface area contributed by atoms with Crippen molar-refractivity contribution in [1.29, 1.82) is 5.41 Å². The van der Waals surface area contributed by atoms with Crippen LogP contribution in [0.25, 0.3) is 0 Å². The van der Waals surface area contributed by atoms with E-state index in [-0.39, 0.29) is 5.82 Å². The van der Waals surface area contributed by atoms with Gasteiger partial charge in [0.1, 0.15) is 5.82 Å². The number of anilines is 2. The van der Waals surface area contributed by atoms with Gasteiger partial charge in [-0.1, -0.05) is 11.6 Å². The van der Waals surface area contributed by atoms with E-state index >= 15 is 0 Å². The first-order chi connectivity index (χ1) is 8.19. The maximum Gasteiger partial charge on any atom is 0.123 e. The minimum atomic E-state index is -0.258. The van der Waals surface area contributed by atoms with Crippen molar-refractivity contribution in [3.63, 3.8) is 0 Å². The fraction of sp³-hybridized carbons (Fsp3) is 0.0714. The van der Waals surface area contributed by atoms with E-state index in [4.69, 9.17) is 5.41 Å². The maximum atomic E-state index is 12.8. The van der Waals surface area contributed by atoms with Crippen LogP contribution in [0.5, 0.6) is 0 Å². The number of hydrogen-bond donors (Lipinski definition) is 2. The standard InChI is InChI=1S/C14H13FN2/c1-10-2-7-14(11(8-10)9-16)17-13-5-3-12(15)4-6-13/h2-9,16-17H,1H3. The summed E-state index contributed by atoms with van der Waals surface area (Å²) in [5.41, 5.74) is 3.57. The lowest BCUT2D eigenvalue weighted by atomic mass is 10.1. The van der Waals surface area contributed by atoms with E-state index in [0.29, 0.717) is 0 Å². The van der Waals surface area contributed by atoms with Crippen molar-refractivity contribution in [3.05, 3.63) is 59.4 Å². The van der Waals surface area contributed by atoms with Crippen molar-refractivity contribution in [2.75, 3.05) is 5.32 Å². The van der Waals surface area contributed by atoms with E-state index in [9.17, 15) is 4.39 Å². The average Bonchev–Trinajstić information content (AvgIpc) is 2.34. The second-order valence-corrected chi connectivity index (χ2v) is 3.87. The van der Waals surface area contributed by atoms with E-state index < -0.39 is 0 Å². The molecule has 0 unspecified atom stereocenters. The molecule has 0 aliphatic rings.